The molecular formula is C21H21NO6. The Morgan fingerprint density at radius 2 is 1.71 bits per heavy atom. The van der Waals surface area contributed by atoms with E-state index < -0.39 is 11.8 Å². The summed E-state index contributed by atoms with van der Waals surface area (Å²) in [5, 5.41) is 0.789. The van der Waals surface area contributed by atoms with Crippen molar-refractivity contribution in [2.24, 2.45) is 0 Å². The van der Waals surface area contributed by atoms with Gasteiger partial charge in [0.15, 0.2) is 0 Å². The Morgan fingerprint density at radius 3 is 2.39 bits per heavy atom. The predicted molar refractivity (Wildman–Crippen MR) is 99.5 cm³/mol. The molecule has 146 valence electrons. The van der Waals surface area contributed by atoms with Crippen molar-refractivity contribution in [1.82, 2.24) is 5.06 Å². The van der Waals surface area contributed by atoms with E-state index in [-0.39, 0.29) is 12.6 Å². The average molecular weight is 383 g/mol. The molecule has 3 rings (SSSR count). The van der Waals surface area contributed by atoms with Gasteiger partial charge in [0.2, 0.25) is 0 Å². The minimum Gasteiger partial charge on any atom is -0.494 e. The van der Waals surface area contributed by atoms with Gasteiger partial charge in [0.05, 0.1) is 24.3 Å². The van der Waals surface area contributed by atoms with Crippen LogP contribution in [0.4, 0.5) is 0 Å². The number of ether oxygens (including phenoxy) is 2. The van der Waals surface area contributed by atoms with Crippen LogP contribution in [0.5, 0.6) is 5.75 Å². The molecule has 0 atom stereocenters. The smallest absolute Gasteiger partial charge is 0.305 e. The summed E-state index contributed by atoms with van der Waals surface area (Å²) in [5.41, 5.74) is 1.43. The average Bonchev–Trinajstić information content (AvgIpc) is 2.95. The zero-order valence-corrected chi connectivity index (χ0v) is 15.6. The summed E-state index contributed by atoms with van der Waals surface area (Å²) < 4.78 is 10.5. The molecule has 0 saturated carbocycles. The van der Waals surface area contributed by atoms with E-state index in [2.05, 4.69) is 0 Å². The maximum absolute atomic E-state index is 12.3. The van der Waals surface area contributed by atoms with E-state index >= 15 is 0 Å². The number of nitrogens with zero attached hydrogens (tertiary/aromatic N) is 1. The van der Waals surface area contributed by atoms with Gasteiger partial charge in [-0.25, -0.2) is 0 Å². The highest BCUT2D eigenvalue weighted by Crippen LogP contribution is 2.24. The lowest BCUT2D eigenvalue weighted by molar-refractivity contribution is -0.143. The highest BCUT2D eigenvalue weighted by atomic mass is 16.7. The molecule has 1 aliphatic heterocycles. The highest BCUT2D eigenvalue weighted by molar-refractivity contribution is 6.20. The molecule has 2 amide bonds. The monoisotopic (exact) mass is 383 g/mol. The summed E-state index contributed by atoms with van der Waals surface area (Å²) >= 11 is 0. The Labute approximate surface area is 162 Å². The third-order valence-corrected chi connectivity index (χ3v) is 4.11. The molecule has 1 heterocycles. The zero-order chi connectivity index (χ0) is 19.9. The summed E-state index contributed by atoms with van der Waals surface area (Å²) in [4.78, 5) is 41.3. The van der Waals surface area contributed by atoms with E-state index in [1.54, 1.807) is 49.4 Å². The number of hydroxylamine groups is 2. The third kappa shape index (κ3) is 4.55. The summed E-state index contributed by atoms with van der Waals surface area (Å²) in [6.45, 7) is 2.56. The summed E-state index contributed by atoms with van der Waals surface area (Å²) in [7, 11) is 0. The van der Waals surface area contributed by atoms with Crippen LogP contribution in [0.25, 0.3) is 0 Å². The summed E-state index contributed by atoms with van der Waals surface area (Å²) in [6.07, 6.45) is 0.852. The molecule has 0 aliphatic carbocycles. The number of hydrogen-bond acceptors (Lipinski definition) is 6. The molecule has 0 N–H and O–H groups in total. The molecule has 0 aromatic heterocycles. The van der Waals surface area contributed by atoms with Gasteiger partial charge in [0.25, 0.3) is 11.8 Å². The van der Waals surface area contributed by atoms with Crippen LogP contribution in [0.3, 0.4) is 0 Å². The second-order valence-corrected chi connectivity index (χ2v) is 6.13. The molecular weight excluding hydrogens is 362 g/mol. The van der Waals surface area contributed by atoms with Gasteiger partial charge in [-0.2, -0.15) is 0 Å². The zero-order valence-electron chi connectivity index (χ0n) is 15.6. The van der Waals surface area contributed by atoms with Crippen molar-refractivity contribution in [2.45, 2.75) is 26.4 Å². The molecule has 0 spiro atoms. The minimum atomic E-state index is -0.466. The molecule has 7 nitrogen and oxygen atoms in total. The second-order valence-electron chi connectivity index (χ2n) is 6.13. The first-order valence-corrected chi connectivity index (χ1v) is 9.08. The number of imide groups is 1. The van der Waals surface area contributed by atoms with E-state index in [9.17, 15) is 14.4 Å². The van der Waals surface area contributed by atoms with Gasteiger partial charge >= 0.3 is 5.97 Å². The Balaban J connectivity index is 1.51. The third-order valence-electron chi connectivity index (χ3n) is 4.11. The Kier molecular flexibility index (Phi) is 6.39. The number of benzene rings is 2. The van der Waals surface area contributed by atoms with Crippen LogP contribution < -0.4 is 4.74 Å². The largest absolute Gasteiger partial charge is 0.494 e. The van der Waals surface area contributed by atoms with Crippen LogP contribution >= 0.6 is 0 Å². The topological polar surface area (TPSA) is 82.1 Å². The number of carbonyl (C=O) groups excluding carboxylic acids is 3. The Bertz CT molecular complexity index is 844. The number of hydrogen-bond donors (Lipinski definition) is 0. The molecule has 28 heavy (non-hydrogen) atoms. The highest BCUT2D eigenvalue weighted by Gasteiger charge is 2.36. The fourth-order valence-electron chi connectivity index (χ4n) is 2.79. The lowest BCUT2D eigenvalue weighted by atomic mass is 10.1. The maximum atomic E-state index is 12.3. The van der Waals surface area contributed by atoms with Crippen molar-refractivity contribution < 1.29 is 28.7 Å². The second kappa shape index (κ2) is 9.14. The molecule has 0 unspecified atom stereocenters. The van der Waals surface area contributed by atoms with E-state index in [1.807, 2.05) is 6.07 Å². The molecule has 7 heteroatoms. The van der Waals surface area contributed by atoms with E-state index in [0.717, 1.165) is 10.6 Å². The van der Waals surface area contributed by atoms with Crippen molar-refractivity contribution in [3.63, 3.8) is 0 Å². The fraction of sp³-hybridized carbons (Fsp3) is 0.286. The normalized spacial score (nSPS) is 12.8. The number of carbonyl (C=O) groups is 3. The SMILES string of the molecule is CCOC(=O)CCCOc1cccc(CON2C(=O)c3ccccc3C2=O)c1. The maximum Gasteiger partial charge on any atom is 0.305 e. The number of amides is 2. The molecule has 0 fully saturated rings. The van der Waals surface area contributed by atoms with Gasteiger partial charge in [-0.05, 0) is 43.2 Å². The Hall–Kier alpha value is -3.19. The number of fused-ring (bicyclic) bond motifs is 1. The van der Waals surface area contributed by atoms with Crippen molar-refractivity contribution in [3.8, 4) is 5.75 Å². The standard InChI is InChI=1S/C21H21NO6/c1-2-26-19(23)11-6-12-27-16-8-5-7-15(13-16)14-28-22-20(24)17-9-3-4-10-18(17)21(22)25/h3-5,7-10,13H,2,6,11-12,14H2,1H3. The van der Waals surface area contributed by atoms with E-state index in [0.29, 0.717) is 42.9 Å². The van der Waals surface area contributed by atoms with Gasteiger partial charge in [0, 0.05) is 6.42 Å². The fourth-order valence-corrected chi connectivity index (χ4v) is 2.79. The number of esters is 1. The molecule has 0 bridgehead atoms. The van der Waals surface area contributed by atoms with Gasteiger partial charge < -0.3 is 9.47 Å². The van der Waals surface area contributed by atoms with Crippen LogP contribution in [0.1, 0.15) is 46.0 Å². The van der Waals surface area contributed by atoms with E-state index in [4.69, 9.17) is 14.3 Å². The van der Waals surface area contributed by atoms with Crippen molar-refractivity contribution in [3.05, 3.63) is 65.2 Å². The van der Waals surface area contributed by atoms with Gasteiger partial charge in [-0.3, -0.25) is 19.2 Å². The van der Waals surface area contributed by atoms with Crippen molar-refractivity contribution in [2.75, 3.05) is 13.2 Å². The molecule has 1 aliphatic rings. The molecule has 2 aromatic carbocycles. The molecule has 2 aromatic rings. The predicted octanol–water partition coefficient (Wildman–Crippen LogP) is 3.14. The summed E-state index contributed by atoms with van der Waals surface area (Å²) in [6, 6.07) is 13.8. The minimum absolute atomic E-state index is 0.0471. The van der Waals surface area contributed by atoms with E-state index in [1.165, 1.54) is 0 Å². The van der Waals surface area contributed by atoms with Gasteiger partial charge in [-0.15, -0.1) is 5.06 Å². The quantitative estimate of drug-likeness (QED) is 0.376. The molecule has 0 radical (unpaired) electrons. The lowest BCUT2D eigenvalue weighted by Crippen LogP contribution is -2.29. The first kappa shape index (κ1) is 19.6. The van der Waals surface area contributed by atoms with Gasteiger partial charge in [-0.1, -0.05) is 24.3 Å². The van der Waals surface area contributed by atoms with Gasteiger partial charge in [0.1, 0.15) is 12.4 Å². The Morgan fingerprint density at radius 1 is 1.00 bits per heavy atom. The van der Waals surface area contributed by atoms with Crippen LogP contribution in [-0.4, -0.2) is 36.1 Å². The summed E-state index contributed by atoms with van der Waals surface area (Å²) in [5.74, 6) is -0.555. The lowest BCUT2D eigenvalue weighted by Gasteiger charge is -2.14. The van der Waals surface area contributed by atoms with Crippen LogP contribution in [-0.2, 0) is 21.0 Å². The molecule has 0 saturated heterocycles. The number of rotatable bonds is 9. The first-order chi connectivity index (χ1) is 13.6. The van der Waals surface area contributed by atoms with Crippen LogP contribution in [0, 0.1) is 0 Å². The van der Waals surface area contributed by atoms with Crippen molar-refractivity contribution >= 4 is 17.8 Å². The van der Waals surface area contributed by atoms with Crippen molar-refractivity contribution in [1.29, 1.82) is 0 Å². The first-order valence-electron chi connectivity index (χ1n) is 9.08. The van der Waals surface area contributed by atoms with Crippen LogP contribution in [0.2, 0.25) is 0 Å². The van der Waals surface area contributed by atoms with Crippen LogP contribution in [0.15, 0.2) is 48.5 Å².